The summed E-state index contributed by atoms with van der Waals surface area (Å²) < 4.78 is 75.6. The molecule has 0 bridgehead atoms. The monoisotopic (exact) mass is 245 g/mol. The summed E-state index contributed by atoms with van der Waals surface area (Å²) in [4.78, 5) is 3.23. The van der Waals surface area contributed by atoms with Crippen LogP contribution >= 0.6 is 0 Å². The van der Waals surface area contributed by atoms with Crippen LogP contribution in [0.4, 0.5) is 26.3 Å². The van der Waals surface area contributed by atoms with Gasteiger partial charge in [-0.3, -0.25) is 0 Å². The Morgan fingerprint density at radius 2 is 1.75 bits per heavy atom. The third-order valence-electron chi connectivity index (χ3n) is 1.45. The van der Waals surface area contributed by atoms with Gasteiger partial charge in [-0.25, -0.2) is 4.98 Å². The van der Waals surface area contributed by atoms with Gasteiger partial charge in [0.2, 0.25) is 5.88 Å². The van der Waals surface area contributed by atoms with Crippen LogP contribution in [0.3, 0.4) is 0 Å². The maximum Gasteiger partial charge on any atom is 0.422 e. The number of rotatable bonds is 2. The minimum Gasteiger partial charge on any atom is -0.468 e. The molecule has 0 aromatic carbocycles. The van der Waals surface area contributed by atoms with Gasteiger partial charge in [-0.15, -0.1) is 0 Å². The zero-order valence-corrected chi connectivity index (χ0v) is 7.56. The highest BCUT2D eigenvalue weighted by atomic mass is 19.4. The maximum absolute atomic E-state index is 12.1. The molecule has 1 aromatic rings. The molecule has 0 amide bonds. The van der Waals surface area contributed by atoms with Crippen LogP contribution < -0.4 is 4.74 Å². The summed E-state index contributed by atoms with van der Waals surface area (Å²) in [6, 6.07) is 1.05. The molecule has 0 fully saturated rings. The molecule has 0 unspecified atom stereocenters. The molecule has 0 aliphatic carbocycles. The van der Waals surface area contributed by atoms with Crippen molar-refractivity contribution in [1.82, 2.24) is 4.98 Å². The number of pyridine rings is 1. The summed E-state index contributed by atoms with van der Waals surface area (Å²) in [7, 11) is 0. The molecular weight excluding hydrogens is 240 g/mol. The first-order valence-corrected chi connectivity index (χ1v) is 3.91. The van der Waals surface area contributed by atoms with Gasteiger partial charge in [-0.1, -0.05) is 0 Å². The lowest BCUT2D eigenvalue weighted by molar-refractivity contribution is -0.154. The largest absolute Gasteiger partial charge is 0.468 e. The van der Waals surface area contributed by atoms with Gasteiger partial charge in [-0.05, 0) is 6.07 Å². The first-order chi connectivity index (χ1) is 7.18. The molecule has 16 heavy (non-hydrogen) atoms. The fourth-order valence-corrected chi connectivity index (χ4v) is 0.820. The van der Waals surface area contributed by atoms with Crippen molar-refractivity contribution in [1.29, 1.82) is 0 Å². The molecule has 90 valence electrons. The second-order valence-corrected chi connectivity index (χ2v) is 2.78. The fourth-order valence-electron chi connectivity index (χ4n) is 0.820. The van der Waals surface area contributed by atoms with E-state index in [2.05, 4.69) is 9.72 Å². The van der Waals surface area contributed by atoms with Crippen molar-refractivity contribution in [3.63, 3.8) is 0 Å². The predicted octanol–water partition coefficient (Wildman–Crippen LogP) is 3.04. The van der Waals surface area contributed by atoms with Crippen LogP contribution in [0, 0.1) is 0 Å². The molecule has 0 radical (unpaired) electrons. The van der Waals surface area contributed by atoms with Gasteiger partial charge in [0.15, 0.2) is 6.61 Å². The molecule has 0 atom stereocenters. The van der Waals surface area contributed by atoms with Gasteiger partial charge in [0.05, 0.1) is 5.56 Å². The summed E-state index contributed by atoms with van der Waals surface area (Å²) in [6.07, 6.45) is -8.52. The van der Waals surface area contributed by atoms with Gasteiger partial charge in [-0.2, -0.15) is 26.3 Å². The normalized spacial score (nSPS) is 12.6. The number of hydrogen-bond acceptors (Lipinski definition) is 2. The molecule has 1 rings (SSSR count). The van der Waals surface area contributed by atoms with Crippen molar-refractivity contribution >= 4 is 0 Å². The third kappa shape index (κ3) is 3.95. The lowest BCUT2D eigenvalue weighted by Crippen LogP contribution is -2.19. The first-order valence-electron chi connectivity index (χ1n) is 3.91. The van der Waals surface area contributed by atoms with E-state index in [1.54, 1.807) is 0 Å². The smallest absolute Gasteiger partial charge is 0.422 e. The Kier molecular flexibility index (Phi) is 3.30. The first kappa shape index (κ1) is 12.6. The van der Waals surface area contributed by atoms with Crippen molar-refractivity contribution in [2.24, 2.45) is 0 Å². The van der Waals surface area contributed by atoms with E-state index in [9.17, 15) is 26.3 Å². The number of nitrogens with zero attached hydrogens (tertiary/aromatic N) is 1. The Labute approximate surface area is 85.9 Å². The van der Waals surface area contributed by atoms with E-state index >= 15 is 0 Å². The van der Waals surface area contributed by atoms with Crippen LogP contribution in [0.15, 0.2) is 18.3 Å². The fraction of sp³-hybridized carbons (Fsp3) is 0.375. The van der Waals surface area contributed by atoms with Crippen molar-refractivity contribution in [3.05, 3.63) is 23.9 Å². The van der Waals surface area contributed by atoms with E-state index in [1.807, 2.05) is 0 Å². The zero-order valence-electron chi connectivity index (χ0n) is 7.56. The average Bonchev–Trinajstić information content (AvgIpc) is 2.13. The summed E-state index contributed by atoms with van der Waals surface area (Å²) in [5.74, 6) is -0.716. The molecular formula is C8H5F6NO. The lowest BCUT2D eigenvalue weighted by atomic mass is 10.2. The van der Waals surface area contributed by atoms with Crippen molar-refractivity contribution in [3.8, 4) is 5.88 Å². The molecule has 1 heterocycles. The molecule has 0 N–H and O–H groups in total. The van der Waals surface area contributed by atoms with Gasteiger partial charge >= 0.3 is 12.4 Å². The van der Waals surface area contributed by atoms with Crippen LogP contribution in [0.1, 0.15) is 5.56 Å². The summed E-state index contributed by atoms with van der Waals surface area (Å²) in [5.41, 5.74) is -1.11. The molecule has 0 saturated carbocycles. The Morgan fingerprint density at radius 1 is 1.12 bits per heavy atom. The zero-order chi connectivity index (χ0) is 12.4. The maximum atomic E-state index is 12.1. The highest BCUT2D eigenvalue weighted by Crippen LogP contribution is 2.30. The topological polar surface area (TPSA) is 22.1 Å². The van der Waals surface area contributed by atoms with Gasteiger partial charge in [0.1, 0.15) is 0 Å². The van der Waals surface area contributed by atoms with Crippen LogP contribution in [-0.2, 0) is 6.18 Å². The molecule has 8 heteroatoms. The molecule has 2 nitrogen and oxygen atoms in total. The third-order valence-corrected chi connectivity index (χ3v) is 1.45. The van der Waals surface area contributed by atoms with Crippen LogP contribution in [0.25, 0.3) is 0 Å². The molecule has 0 saturated heterocycles. The van der Waals surface area contributed by atoms with Crippen LogP contribution in [0.5, 0.6) is 5.88 Å². The van der Waals surface area contributed by atoms with E-state index in [4.69, 9.17) is 0 Å². The Morgan fingerprint density at radius 3 is 2.25 bits per heavy atom. The Hall–Kier alpha value is -1.47. The van der Waals surface area contributed by atoms with Gasteiger partial charge < -0.3 is 4.74 Å². The average molecular weight is 245 g/mol. The summed E-state index contributed by atoms with van der Waals surface area (Å²) >= 11 is 0. The van der Waals surface area contributed by atoms with E-state index in [-0.39, 0.29) is 0 Å². The molecule has 0 spiro atoms. The quantitative estimate of drug-likeness (QED) is 0.747. The predicted molar refractivity (Wildman–Crippen MR) is 40.8 cm³/mol. The van der Waals surface area contributed by atoms with Crippen molar-refractivity contribution in [2.45, 2.75) is 12.4 Å². The molecule has 0 aliphatic rings. The van der Waals surface area contributed by atoms with E-state index in [0.717, 1.165) is 6.20 Å². The Bertz CT molecular complexity index is 358. The number of ether oxygens (including phenoxy) is 1. The second-order valence-electron chi connectivity index (χ2n) is 2.78. The number of hydrogen-bond donors (Lipinski definition) is 0. The second kappa shape index (κ2) is 4.18. The van der Waals surface area contributed by atoms with E-state index < -0.39 is 30.4 Å². The SMILES string of the molecule is FC(F)(F)COc1cc(C(F)(F)F)ccn1. The van der Waals surface area contributed by atoms with Gasteiger partial charge in [0, 0.05) is 12.3 Å². The number of halogens is 6. The molecule has 1 aromatic heterocycles. The van der Waals surface area contributed by atoms with Gasteiger partial charge in [0.25, 0.3) is 0 Å². The highest BCUT2D eigenvalue weighted by Gasteiger charge is 2.32. The molecule has 0 aliphatic heterocycles. The number of alkyl halides is 6. The van der Waals surface area contributed by atoms with Crippen LogP contribution in [0.2, 0.25) is 0 Å². The van der Waals surface area contributed by atoms with Crippen molar-refractivity contribution < 1.29 is 31.1 Å². The highest BCUT2D eigenvalue weighted by molar-refractivity contribution is 5.22. The van der Waals surface area contributed by atoms with E-state index in [1.165, 1.54) is 0 Å². The minimum atomic E-state index is -4.64. The van der Waals surface area contributed by atoms with Crippen molar-refractivity contribution in [2.75, 3.05) is 6.61 Å². The Balaban J connectivity index is 2.76. The summed E-state index contributed by atoms with van der Waals surface area (Å²) in [5, 5.41) is 0. The lowest BCUT2D eigenvalue weighted by Gasteiger charge is -2.10. The standard InChI is InChI=1S/C8H5F6NO/c9-7(10,11)4-16-6-3-5(1-2-15-6)8(12,13)14/h1-3H,4H2. The van der Waals surface area contributed by atoms with E-state index in [0.29, 0.717) is 12.1 Å². The number of aromatic nitrogens is 1. The minimum absolute atomic E-state index is 0.408. The summed E-state index contributed by atoms with van der Waals surface area (Å²) in [6.45, 7) is -1.68. The van der Waals surface area contributed by atoms with Crippen LogP contribution in [-0.4, -0.2) is 17.8 Å².